The first-order chi connectivity index (χ1) is 15.6. The number of anilines is 1. The van der Waals surface area contributed by atoms with Gasteiger partial charge in [0, 0.05) is 37.8 Å². The number of carbonyl (C=O) groups is 2. The number of nitrogens with one attached hydrogen (secondary N) is 1. The summed E-state index contributed by atoms with van der Waals surface area (Å²) < 4.78 is 5.32. The van der Waals surface area contributed by atoms with Crippen LogP contribution in [-0.4, -0.2) is 69.8 Å². The first-order valence-corrected chi connectivity index (χ1v) is 10.4. The molecule has 1 aliphatic heterocycles. The van der Waals surface area contributed by atoms with Crippen LogP contribution in [-0.2, 0) is 4.79 Å². The highest BCUT2D eigenvalue weighted by atomic mass is 35.5. The van der Waals surface area contributed by atoms with Gasteiger partial charge in [0.15, 0.2) is 5.15 Å². The zero-order chi connectivity index (χ0) is 22.2. The molecule has 0 atom stereocenters. The number of aromatic nitrogens is 4. The van der Waals surface area contributed by atoms with Crippen LogP contribution in [0.25, 0.3) is 21.8 Å². The van der Waals surface area contributed by atoms with Gasteiger partial charge in [-0.15, -0.1) is 0 Å². The average molecular weight is 451 g/mol. The lowest BCUT2D eigenvalue weighted by molar-refractivity contribution is -0.126. The number of Topliss-reactive ketones (excluding diaryl/α,β-unsaturated/α-hetero) is 1. The Labute approximate surface area is 188 Å². The lowest BCUT2D eigenvalue weighted by atomic mass is 10.1. The van der Waals surface area contributed by atoms with Crippen LogP contribution in [0, 0.1) is 0 Å². The summed E-state index contributed by atoms with van der Waals surface area (Å²) in [5.41, 5.74) is 1.55. The zero-order valence-electron chi connectivity index (χ0n) is 17.2. The first-order valence-electron chi connectivity index (χ1n) is 10.1. The maximum Gasteiger partial charge on any atom is 0.295 e. The minimum Gasteiger partial charge on any atom is -0.494 e. The third-order valence-electron chi connectivity index (χ3n) is 5.68. The molecule has 1 amide bonds. The number of carbonyl (C=O) groups excluding carboxylic acids is 2. The number of halogens is 1. The zero-order valence-corrected chi connectivity index (χ0v) is 18.0. The Balaban J connectivity index is 1.35. The van der Waals surface area contributed by atoms with E-state index < -0.39 is 11.7 Å². The number of para-hydroxylation sites is 1. The number of fused-ring (bicyclic) bond motifs is 2. The molecule has 4 heterocycles. The number of amides is 1. The van der Waals surface area contributed by atoms with Gasteiger partial charge in [-0.2, -0.15) is 0 Å². The number of hydrogen-bond acceptors (Lipinski definition) is 7. The molecule has 1 aliphatic rings. The fourth-order valence-corrected chi connectivity index (χ4v) is 4.24. The van der Waals surface area contributed by atoms with Crippen LogP contribution >= 0.6 is 11.6 Å². The van der Waals surface area contributed by atoms with Crippen LogP contribution in [0.1, 0.15) is 10.4 Å². The number of ether oxygens (including phenoxy) is 1. The van der Waals surface area contributed by atoms with E-state index in [1.165, 1.54) is 19.5 Å². The molecule has 162 valence electrons. The SMILES string of the molecule is COc1cnc(Cl)c2[nH]cc(C(=O)C(=O)N3CCN(c4ncnc5ccccc45)CC3)c12. The number of nitrogens with zero attached hydrogens (tertiary/aromatic N) is 5. The number of pyridine rings is 1. The molecule has 0 radical (unpaired) electrons. The molecule has 0 bridgehead atoms. The lowest BCUT2D eigenvalue weighted by Gasteiger charge is -2.35. The van der Waals surface area contributed by atoms with Crippen molar-refractivity contribution in [2.75, 3.05) is 38.2 Å². The molecule has 3 aromatic heterocycles. The van der Waals surface area contributed by atoms with E-state index in [4.69, 9.17) is 16.3 Å². The van der Waals surface area contributed by atoms with Crippen molar-refractivity contribution in [1.82, 2.24) is 24.8 Å². The Bertz CT molecular complexity index is 1340. The minimum absolute atomic E-state index is 0.206. The minimum atomic E-state index is -0.613. The summed E-state index contributed by atoms with van der Waals surface area (Å²) in [7, 11) is 1.48. The predicted molar refractivity (Wildman–Crippen MR) is 120 cm³/mol. The van der Waals surface area contributed by atoms with E-state index in [-0.39, 0.29) is 10.7 Å². The fraction of sp³-hybridized carbons (Fsp3) is 0.227. The van der Waals surface area contributed by atoms with Gasteiger partial charge >= 0.3 is 0 Å². The molecular formula is C22H19ClN6O3. The summed E-state index contributed by atoms with van der Waals surface area (Å²) >= 11 is 6.13. The standard InChI is InChI=1S/C22H19ClN6O3/c1-32-16-11-25-20(23)18-17(16)14(10-24-18)19(30)22(31)29-8-6-28(7-9-29)21-13-4-2-3-5-15(13)26-12-27-21/h2-5,10-12,24H,6-9H2,1H3. The number of aromatic amines is 1. The van der Waals surface area contributed by atoms with Crippen molar-refractivity contribution in [1.29, 1.82) is 0 Å². The highest BCUT2D eigenvalue weighted by molar-refractivity contribution is 6.45. The number of hydrogen-bond donors (Lipinski definition) is 1. The average Bonchev–Trinajstić information content (AvgIpc) is 3.29. The van der Waals surface area contributed by atoms with Crippen molar-refractivity contribution in [3.63, 3.8) is 0 Å². The van der Waals surface area contributed by atoms with Crippen molar-refractivity contribution in [2.45, 2.75) is 0 Å². The number of methoxy groups -OCH3 is 1. The largest absolute Gasteiger partial charge is 0.494 e. The van der Waals surface area contributed by atoms with Crippen molar-refractivity contribution in [3.05, 3.63) is 53.7 Å². The Morgan fingerprint density at radius 1 is 1.09 bits per heavy atom. The summed E-state index contributed by atoms with van der Waals surface area (Å²) in [5.74, 6) is 0.0330. The molecule has 0 spiro atoms. The van der Waals surface area contributed by atoms with Crippen LogP contribution < -0.4 is 9.64 Å². The molecule has 0 unspecified atom stereocenters. The Morgan fingerprint density at radius 3 is 2.66 bits per heavy atom. The summed E-state index contributed by atoms with van der Waals surface area (Å²) in [6.07, 6.45) is 4.46. The van der Waals surface area contributed by atoms with Gasteiger partial charge in [0.2, 0.25) is 0 Å². The van der Waals surface area contributed by atoms with Crippen LogP contribution in [0.5, 0.6) is 5.75 Å². The van der Waals surface area contributed by atoms with E-state index >= 15 is 0 Å². The van der Waals surface area contributed by atoms with E-state index in [9.17, 15) is 9.59 Å². The van der Waals surface area contributed by atoms with E-state index in [0.29, 0.717) is 42.8 Å². The highest BCUT2D eigenvalue weighted by Gasteiger charge is 2.30. The van der Waals surface area contributed by atoms with Crippen LogP contribution in [0.4, 0.5) is 5.82 Å². The Kier molecular flexibility index (Phi) is 5.10. The second-order valence-corrected chi connectivity index (χ2v) is 7.75. The Hall–Kier alpha value is -3.72. The van der Waals surface area contributed by atoms with Crippen molar-refractivity contribution in [3.8, 4) is 5.75 Å². The fourth-order valence-electron chi connectivity index (χ4n) is 4.04. The van der Waals surface area contributed by atoms with Gasteiger partial charge in [-0.05, 0) is 12.1 Å². The second-order valence-electron chi connectivity index (χ2n) is 7.39. The molecule has 32 heavy (non-hydrogen) atoms. The molecule has 1 N–H and O–H groups in total. The molecule has 1 aromatic carbocycles. The number of H-pyrrole nitrogens is 1. The molecule has 1 fully saturated rings. The van der Waals surface area contributed by atoms with Crippen molar-refractivity contribution < 1.29 is 14.3 Å². The first kappa shape index (κ1) is 20.2. The third-order valence-corrected chi connectivity index (χ3v) is 5.96. The van der Waals surface area contributed by atoms with Gasteiger partial charge in [0.05, 0.1) is 35.3 Å². The number of benzene rings is 1. The quantitative estimate of drug-likeness (QED) is 0.289. The van der Waals surface area contributed by atoms with E-state index in [2.05, 4.69) is 24.8 Å². The van der Waals surface area contributed by atoms with E-state index in [1.54, 1.807) is 11.2 Å². The monoisotopic (exact) mass is 450 g/mol. The van der Waals surface area contributed by atoms with Crippen LogP contribution in [0.3, 0.4) is 0 Å². The highest BCUT2D eigenvalue weighted by Crippen LogP contribution is 2.32. The summed E-state index contributed by atoms with van der Waals surface area (Å²) in [6.45, 7) is 1.94. The van der Waals surface area contributed by atoms with Gasteiger partial charge < -0.3 is 19.5 Å². The van der Waals surface area contributed by atoms with Crippen LogP contribution in [0.2, 0.25) is 5.15 Å². The summed E-state index contributed by atoms with van der Waals surface area (Å²) in [5, 5.41) is 1.62. The predicted octanol–water partition coefficient (Wildman–Crippen LogP) is 2.70. The van der Waals surface area contributed by atoms with Crippen molar-refractivity contribution >= 4 is 50.9 Å². The normalized spacial score (nSPS) is 14.2. The van der Waals surface area contributed by atoms with E-state index in [1.807, 2.05) is 24.3 Å². The Morgan fingerprint density at radius 2 is 1.88 bits per heavy atom. The molecule has 5 rings (SSSR count). The van der Waals surface area contributed by atoms with Crippen LogP contribution in [0.15, 0.2) is 43.0 Å². The lowest BCUT2D eigenvalue weighted by Crippen LogP contribution is -2.51. The molecule has 4 aromatic rings. The number of piperazine rings is 1. The molecule has 10 heteroatoms. The van der Waals surface area contributed by atoms with E-state index in [0.717, 1.165) is 16.7 Å². The molecular weight excluding hydrogens is 432 g/mol. The van der Waals surface area contributed by atoms with Gasteiger partial charge in [-0.3, -0.25) is 9.59 Å². The topological polar surface area (TPSA) is 104 Å². The van der Waals surface area contributed by atoms with Gasteiger partial charge in [-0.1, -0.05) is 23.7 Å². The maximum atomic E-state index is 13.1. The third kappa shape index (κ3) is 3.31. The summed E-state index contributed by atoms with van der Waals surface area (Å²) in [4.78, 5) is 45.5. The smallest absolute Gasteiger partial charge is 0.295 e. The van der Waals surface area contributed by atoms with Gasteiger partial charge in [0.1, 0.15) is 17.9 Å². The molecule has 0 saturated carbocycles. The maximum absolute atomic E-state index is 13.1. The van der Waals surface area contributed by atoms with Gasteiger partial charge in [-0.25, -0.2) is 15.0 Å². The summed E-state index contributed by atoms with van der Waals surface area (Å²) in [6, 6.07) is 7.81. The molecule has 9 nitrogen and oxygen atoms in total. The second kappa shape index (κ2) is 8.08. The number of ketones is 1. The molecule has 1 saturated heterocycles. The van der Waals surface area contributed by atoms with Crippen molar-refractivity contribution in [2.24, 2.45) is 0 Å². The number of rotatable bonds is 4. The van der Waals surface area contributed by atoms with Gasteiger partial charge in [0.25, 0.3) is 11.7 Å². The molecule has 0 aliphatic carbocycles.